The lowest BCUT2D eigenvalue weighted by atomic mass is 10.1. The number of hydrogen-bond acceptors (Lipinski definition) is 5. The van der Waals surface area contributed by atoms with Crippen molar-refractivity contribution in [2.75, 3.05) is 26.9 Å². The van der Waals surface area contributed by atoms with E-state index in [0.29, 0.717) is 13.2 Å². The van der Waals surface area contributed by atoms with Crippen LogP contribution in [-0.2, 0) is 22.6 Å². The molecule has 110 valence electrons. The minimum atomic E-state index is 0.0768. The van der Waals surface area contributed by atoms with Crippen LogP contribution in [-0.4, -0.2) is 47.2 Å². The molecule has 0 aromatic carbocycles. The molecule has 0 atom stereocenters. The Morgan fingerprint density at radius 1 is 1.26 bits per heavy atom. The molecule has 1 rings (SSSR count). The molecular weight excluding hydrogens is 244 g/mol. The van der Waals surface area contributed by atoms with Crippen LogP contribution in [0.2, 0.25) is 0 Å². The first-order valence-corrected chi connectivity index (χ1v) is 6.71. The molecule has 0 aliphatic heterocycles. The maximum Gasteiger partial charge on any atom is 0.140 e. The van der Waals surface area contributed by atoms with Crippen molar-refractivity contribution in [1.29, 1.82) is 0 Å². The number of ether oxygens (including phenoxy) is 2. The molecule has 0 bridgehead atoms. The van der Waals surface area contributed by atoms with Gasteiger partial charge in [-0.1, -0.05) is 0 Å². The van der Waals surface area contributed by atoms with Crippen LogP contribution in [0.3, 0.4) is 0 Å². The second-order valence-corrected chi connectivity index (χ2v) is 5.46. The highest BCUT2D eigenvalue weighted by atomic mass is 16.5. The van der Waals surface area contributed by atoms with E-state index < -0.39 is 0 Å². The van der Waals surface area contributed by atoms with Gasteiger partial charge in [-0.05, 0) is 27.2 Å². The third-order valence-electron chi connectivity index (χ3n) is 2.56. The zero-order valence-corrected chi connectivity index (χ0v) is 12.5. The maximum absolute atomic E-state index is 5.52. The summed E-state index contributed by atoms with van der Waals surface area (Å²) in [6, 6.07) is 0. The molecule has 0 aliphatic rings. The van der Waals surface area contributed by atoms with Crippen LogP contribution >= 0.6 is 0 Å². The minimum absolute atomic E-state index is 0.0768. The van der Waals surface area contributed by atoms with Gasteiger partial charge >= 0.3 is 0 Å². The summed E-state index contributed by atoms with van der Waals surface area (Å²) in [7, 11) is 1.70. The molecule has 0 aliphatic carbocycles. The minimum Gasteiger partial charge on any atom is -0.385 e. The first-order valence-electron chi connectivity index (χ1n) is 6.71. The molecule has 1 heterocycles. The normalized spacial score (nSPS) is 12.0. The van der Waals surface area contributed by atoms with Crippen molar-refractivity contribution in [2.45, 2.75) is 45.8 Å². The molecular formula is C13H26N4O2. The molecule has 1 N–H and O–H groups in total. The summed E-state index contributed by atoms with van der Waals surface area (Å²) in [5, 5.41) is 7.61. The fourth-order valence-corrected chi connectivity index (χ4v) is 1.51. The molecule has 0 unspecified atom stereocenters. The molecule has 19 heavy (non-hydrogen) atoms. The highest BCUT2D eigenvalue weighted by molar-refractivity contribution is 4.86. The molecule has 0 radical (unpaired) electrons. The second kappa shape index (κ2) is 8.24. The summed E-state index contributed by atoms with van der Waals surface area (Å²) in [5.41, 5.74) is 0.0768. The molecule has 6 nitrogen and oxygen atoms in total. The second-order valence-electron chi connectivity index (χ2n) is 5.46. The van der Waals surface area contributed by atoms with E-state index >= 15 is 0 Å². The average Bonchev–Trinajstić information content (AvgIpc) is 2.78. The number of hydrogen-bond donors (Lipinski definition) is 1. The SMILES string of the molecule is COCCCOCCn1ncnc1CNC(C)(C)C. The Hall–Kier alpha value is -0.980. The molecule has 0 saturated carbocycles. The summed E-state index contributed by atoms with van der Waals surface area (Å²) >= 11 is 0. The molecule has 0 spiro atoms. The lowest BCUT2D eigenvalue weighted by Gasteiger charge is -2.20. The fraction of sp³-hybridized carbons (Fsp3) is 0.846. The lowest BCUT2D eigenvalue weighted by Crippen LogP contribution is -2.36. The van der Waals surface area contributed by atoms with E-state index in [2.05, 4.69) is 36.2 Å². The summed E-state index contributed by atoms with van der Waals surface area (Å²) in [6.45, 7) is 9.95. The number of nitrogens with one attached hydrogen (secondary N) is 1. The maximum atomic E-state index is 5.52. The third-order valence-corrected chi connectivity index (χ3v) is 2.56. The van der Waals surface area contributed by atoms with Crippen molar-refractivity contribution in [1.82, 2.24) is 20.1 Å². The number of methoxy groups -OCH3 is 1. The molecule has 1 aromatic rings. The Bertz CT molecular complexity index is 347. The predicted octanol–water partition coefficient (Wildman–Crippen LogP) is 1.22. The standard InChI is InChI=1S/C13H26N4O2/c1-13(2,3)15-10-12-14-11-16-17(12)6-9-19-8-5-7-18-4/h11,15H,5-10H2,1-4H3. The highest BCUT2D eigenvalue weighted by Crippen LogP contribution is 2.02. The van der Waals surface area contributed by atoms with Crippen LogP contribution in [0.25, 0.3) is 0 Å². The summed E-state index contributed by atoms with van der Waals surface area (Å²) in [4.78, 5) is 4.26. The van der Waals surface area contributed by atoms with Crippen LogP contribution in [0.15, 0.2) is 6.33 Å². The zero-order valence-electron chi connectivity index (χ0n) is 12.5. The van der Waals surface area contributed by atoms with Crippen molar-refractivity contribution < 1.29 is 9.47 Å². The van der Waals surface area contributed by atoms with Crippen LogP contribution in [0.4, 0.5) is 0 Å². The van der Waals surface area contributed by atoms with Gasteiger partial charge in [-0.25, -0.2) is 9.67 Å². The van der Waals surface area contributed by atoms with Crippen molar-refractivity contribution in [3.8, 4) is 0 Å². The van der Waals surface area contributed by atoms with E-state index in [-0.39, 0.29) is 5.54 Å². The summed E-state index contributed by atoms with van der Waals surface area (Å²) in [5.74, 6) is 0.940. The van der Waals surface area contributed by atoms with Crippen molar-refractivity contribution in [3.05, 3.63) is 12.2 Å². The number of aromatic nitrogens is 3. The van der Waals surface area contributed by atoms with Gasteiger partial charge in [0.25, 0.3) is 0 Å². The van der Waals surface area contributed by atoms with Gasteiger partial charge in [0, 0.05) is 25.9 Å². The predicted molar refractivity (Wildman–Crippen MR) is 73.9 cm³/mol. The number of nitrogens with zero attached hydrogens (tertiary/aromatic N) is 3. The Balaban J connectivity index is 2.25. The van der Waals surface area contributed by atoms with Crippen molar-refractivity contribution >= 4 is 0 Å². The number of rotatable bonds is 9. The largest absolute Gasteiger partial charge is 0.385 e. The van der Waals surface area contributed by atoms with E-state index in [1.54, 1.807) is 13.4 Å². The Labute approximate surface area is 115 Å². The van der Waals surface area contributed by atoms with Crippen LogP contribution < -0.4 is 5.32 Å². The van der Waals surface area contributed by atoms with Gasteiger partial charge in [0.05, 0.1) is 19.7 Å². The Morgan fingerprint density at radius 3 is 2.74 bits per heavy atom. The van der Waals surface area contributed by atoms with Gasteiger partial charge < -0.3 is 14.8 Å². The van der Waals surface area contributed by atoms with Crippen LogP contribution in [0, 0.1) is 0 Å². The quantitative estimate of drug-likeness (QED) is 0.684. The van der Waals surface area contributed by atoms with Gasteiger partial charge in [0.1, 0.15) is 12.2 Å². The summed E-state index contributed by atoms with van der Waals surface area (Å²) in [6.07, 6.45) is 2.51. The fourth-order valence-electron chi connectivity index (χ4n) is 1.51. The topological polar surface area (TPSA) is 61.2 Å². The van der Waals surface area contributed by atoms with E-state index in [0.717, 1.165) is 32.0 Å². The molecule has 6 heteroatoms. The Kier molecular flexibility index (Phi) is 6.97. The Morgan fingerprint density at radius 2 is 2.05 bits per heavy atom. The van der Waals surface area contributed by atoms with Crippen LogP contribution in [0.1, 0.15) is 33.0 Å². The molecule has 0 amide bonds. The van der Waals surface area contributed by atoms with Gasteiger partial charge in [-0.3, -0.25) is 0 Å². The lowest BCUT2D eigenvalue weighted by molar-refractivity contribution is 0.0955. The van der Waals surface area contributed by atoms with Gasteiger partial charge in [0.15, 0.2) is 0 Å². The van der Waals surface area contributed by atoms with Crippen molar-refractivity contribution in [2.24, 2.45) is 0 Å². The monoisotopic (exact) mass is 270 g/mol. The van der Waals surface area contributed by atoms with Gasteiger partial charge in [-0.15, -0.1) is 0 Å². The third kappa shape index (κ3) is 7.25. The van der Waals surface area contributed by atoms with Crippen molar-refractivity contribution in [3.63, 3.8) is 0 Å². The van der Waals surface area contributed by atoms with Gasteiger partial charge in [-0.2, -0.15) is 5.10 Å². The first kappa shape index (κ1) is 16.1. The van der Waals surface area contributed by atoms with E-state index in [1.807, 2.05) is 4.68 Å². The highest BCUT2D eigenvalue weighted by Gasteiger charge is 2.11. The molecule has 1 aromatic heterocycles. The van der Waals surface area contributed by atoms with Gasteiger partial charge in [0.2, 0.25) is 0 Å². The molecule has 0 saturated heterocycles. The smallest absolute Gasteiger partial charge is 0.140 e. The zero-order chi connectivity index (χ0) is 14.1. The van der Waals surface area contributed by atoms with E-state index in [9.17, 15) is 0 Å². The van der Waals surface area contributed by atoms with E-state index in [4.69, 9.17) is 9.47 Å². The molecule has 0 fully saturated rings. The average molecular weight is 270 g/mol. The van der Waals surface area contributed by atoms with Crippen LogP contribution in [0.5, 0.6) is 0 Å². The van der Waals surface area contributed by atoms with E-state index in [1.165, 1.54) is 0 Å². The first-order chi connectivity index (χ1) is 9.03. The summed E-state index contributed by atoms with van der Waals surface area (Å²) < 4.78 is 12.4.